The zero-order valence-electron chi connectivity index (χ0n) is 9.69. The molecule has 1 rings (SSSR count). The van der Waals surface area contributed by atoms with E-state index in [0.717, 1.165) is 0 Å². The largest absolute Gasteiger partial charge is 0.481 e. The fourth-order valence-electron chi connectivity index (χ4n) is 2.81. The number of hydrogen-bond acceptors (Lipinski definition) is 2. The minimum Gasteiger partial charge on any atom is -0.481 e. The number of allylic oxidation sites excluding steroid dienone is 2. The van der Waals surface area contributed by atoms with Gasteiger partial charge in [-0.3, -0.25) is 9.59 Å². The molecule has 4 nitrogen and oxygen atoms in total. The molecule has 0 unspecified atom stereocenters. The summed E-state index contributed by atoms with van der Waals surface area (Å²) in [6.07, 6.45) is 4.86. The smallest absolute Gasteiger partial charge is 0.311 e. The molecule has 0 aromatic carbocycles. The lowest BCUT2D eigenvalue weighted by Crippen LogP contribution is -2.52. The van der Waals surface area contributed by atoms with Gasteiger partial charge in [0, 0.05) is 0 Å². The average Bonchev–Trinajstić information content (AvgIpc) is 2.27. The van der Waals surface area contributed by atoms with Crippen molar-refractivity contribution in [2.24, 2.45) is 10.8 Å². The van der Waals surface area contributed by atoms with Gasteiger partial charge in [-0.05, 0) is 25.7 Å². The molecule has 0 saturated carbocycles. The van der Waals surface area contributed by atoms with Crippen molar-refractivity contribution in [3.63, 3.8) is 0 Å². The highest BCUT2D eigenvalue weighted by Crippen LogP contribution is 2.53. The van der Waals surface area contributed by atoms with Gasteiger partial charge in [0.05, 0.1) is 10.8 Å². The van der Waals surface area contributed by atoms with E-state index < -0.39 is 22.8 Å². The Morgan fingerprint density at radius 3 is 1.50 bits per heavy atom. The van der Waals surface area contributed by atoms with Crippen LogP contribution in [0.2, 0.25) is 0 Å². The van der Waals surface area contributed by atoms with Gasteiger partial charge in [0.25, 0.3) is 0 Å². The SMILES string of the molecule is CC[C@@]1(C(=O)O)CC=CC[C@]1(CC)C(=O)O. The van der Waals surface area contributed by atoms with Crippen molar-refractivity contribution in [1.29, 1.82) is 0 Å². The molecule has 0 fully saturated rings. The van der Waals surface area contributed by atoms with E-state index in [0.29, 0.717) is 25.7 Å². The molecular formula is C12H18O4. The molecule has 0 aromatic rings. The first-order chi connectivity index (χ1) is 7.47. The number of aliphatic carboxylic acids is 2. The predicted molar refractivity (Wildman–Crippen MR) is 59.1 cm³/mol. The van der Waals surface area contributed by atoms with Crippen LogP contribution in [-0.2, 0) is 9.59 Å². The van der Waals surface area contributed by atoms with E-state index in [-0.39, 0.29) is 0 Å². The van der Waals surface area contributed by atoms with Crippen molar-refractivity contribution in [3.8, 4) is 0 Å². The van der Waals surface area contributed by atoms with Gasteiger partial charge in [0.15, 0.2) is 0 Å². The van der Waals surface area contributed by atoms with Crippen LogP contribution >= 0.6 is 0 Å². The maximum absolute atomic E-state index is 11.5. The van der Waals surface area contributed by atoms with Crippen LogP contribution in [0.3, 0.4) is 0 Å². The molecule has 0 amide bonds. The van der Waals surface area contributed by atoms with Crippen LogP contribution in [0.25, 0.3) is 0 Å². The second-order valence-electron chi connectivity index (χ2n) is 4.36. The zero-order valence-corrected chi connectivity index (χ0v) is 9.69. The Balaban J connectivity index is 3.36. The Morgan fingerprint density at radius 1 is 1.00 bits per heavy atom. The van der Waals surface area contributed by atoms with Crippen LogP contribution in [0.1, 0.15) is 39.5 Å². The third-order valence-corrected chi connectivity index (χ3v) is 4.04. The minimum atomic E-state index is -1.16. The van der Waals surface area contributed by atoms with E-state index in [1.54, 1.807) is 26.0 Å². The van der Waals surface area contributed by atoms with Gasteiger partial charge in [-0.1, -0.05) is 26.0 Å². The van der Waals surface area contributed by atoms with E-state index in [2.05, 4.69) is 0 Å². The second-order valence-corrected chi connectivity index (χ2v) is 4.36. The van der Waals surface area contributed by atoms with Crippen molar-refractivity contribution in [2.75, 3.05) is 0 Å². The first kappa shape index (κ1) is 12.7. The normalized spacial score (nSPS) is 33.6. The van der Waals surface area contributed by atoms with Crippen LogP contribution in [0.5, 0.6) is 0 Å². The highest BCUT2D eigenvalue weighted by atomic mass is 16.4. The lowest BCUT2D eigenvalue weighted by Gasteiger charge is -2.45. The van der Waals surface area contributed by atoms with Crippen molar-refractivity contribution in [3.05, 3.63) is 12.2 Å². The van der Waals surface area contributed by atoms with E-state index in [9.17, 15) is 19.8 Å². The maximum Gasteiger partial charge on any atom is 0.311 e. The number of rotatable bonds is 4. The zero-order chi connectivity index (χ0) is 12.4. The van der Waals surface area contributed by atoms with Crippen molar-refractivity contribution >= 4 is 11.9 Å². The molecule has 0 radical (unpaired) electrons. The number of carboxylic acids is 2. The molecule has 2 atom stereocenters. The molecule has 0 saturated heterocycles. The summed E-state index contributed by atoms with van der Waals surface area (Å²) >= 11 is 0. The average molecular weight is 226 g/mol. The summed E-state index contributed by atoms with van der Waals surface area (Å²) < 4.78 is 0. The topological polar surface area (TPSA) is 74.6 Å². The fraction of sp³-hybridized carbons (Fsp3) is 0.667. The highest BCUT2D eigenvalue weighted by Gasteiger charge is 2.59. The van der Waals surface area contributed by atoms with Crippen molar-refractivity contribution in [2.45, 2.75) is 39.5 Å². The lowest BCUT2D eigenvalue weighted by atomic mass is 9.55. The number of hydrogen-bond donors (Lipinski definition) is 2. The standard InChI is InChI=1S/C12H18O4/c1-3-11(9(13)14)7-5-6-8-12(11,4-2)10(15)16/h5-6H,3-4,7-8H2,1-2H3,(H,13,14)(H,15,16)/t11-,12+. The molecule has 0 heterocycles. The van der Waals surface area contributed by atoms with Gasteiger partial charge < -0.3 is 10.2 Å². The van der Waals surface area contributed by atoms with Crippen LogP contribution in [0, 0.1) is 10.8 Å². The Labute approximate surface area is 95.0 Å². The number of carboxylic acid groups (broad SMARTS) is 2. The second kappa shape index (κ2) is 4.28. The molecule has 4 heteroatoms. The van der Waals surface area contributed by atoms with Crippen molar-refractivity contribution in [1.82, 2.24) is 0 Å². The van der Waals surface area contributed by atoms with Crippen LogP contribution in [-0.4, -0.2) is 22.2 Å². The Kier molecular flexibility index (Phi) is 3.41. The van der Waals surface area contributed by atoms with Crippen LogP contribution < -0.4 is 0 Å². The minimum absolute atomic E-state index is 0.305. The monoisotopic (exact) mass is 226 g/mol. The highest BCUT2D eigenvalue weighted by molar-refractivity contribution is 5.87. The van der Waals surface area contributed by atoms with Gasteiger partial charge in [-0.25, -0.2) is 0 Å². The summed E-state index contributed by atoms with van der Waals surface area (Å²) in [4.78, 5) is 23.0. The molecule has 0 aliphatic heterocycles. The van der Waals surface area contributed by atoms with E-state index >= 15 is 0 Å². The molecule has 90 valence electrons. The molecule has 0 aromatic heterocycles. The van der Waals surface area contributed by atoms with E-state index in [1.807, 2.05) is 0 Å². The molecule has 1 aliphatic carbocycles. The first-order valence-electron chi connectivity index (χ1n) is 5.58. The predicted octanol–water partition coefficient (Wildman–Crippen LogP) is 2.30. The lowest BCUT2D eigenvalue weighted by molar-refractivity contribution is -0.176. The van der Waals surface area contributed by atoms with Gasteiger partial charge in [0.1, 0.15) is 0 Å². The van der Waals surface area contributed by atoms with E-state index in [4.69, 9.17) is 0 Å². The summed E-state index contributed by atoms with van der Waals surface area (Å²) in [7, 11) is 0. The van der Waals surface area contributed by atoms with Gasteiger partial charge in [0.2, 0.25) is 0 Å². The Morgan fingerprint density at radius 2 is 1.31 bits per heavy atom. The summed E-state index contributed by atoms with van der Waals surface area (Å²) in [5, 5.41) is 18.8. The van der Waals surface area contributed by atoms with Gasteiger partial charge in [-0.15, -0.1) is 0 Å². The van der Waals surface area contributed by atoms with Gasteiger partial charge >= 0.3 is 11.9 Å². The molecular weight excluding hydrogens is 208 g/mol. The number of carbonyl (C=O) groups is 2. The van der Waals surface area contributed by atoms with Crippen LogP contribution in [0.4, 0.5) is 0 Å². The maximum atomic E-state index is 11.5. The van der Waals surface area contributed by atoms with Gasteiger partial charge in [-0.2, -0.15) is 0 Å². The quantitative estimate of drug-likeness (QED) is 0.721. The van der Waals surface area contributed by atoms with E-state index in [1.165, 1.54) is 0 Å². The molecule has 0 spiro atoms. The molecule has 16 heavy (non-hydrogen) atoms. The summed E-state index contributed by atoms with van der Waals surface area (Å²) in [6.45, 7) is 3.50. The van der Waals surface area contributed by atoms with Crippen molar-refractivity contribution < 1.29 is 19.8 Å². The third kappa shape index (κ3) is 1.44. The molecule has 2 N–H and O–H groups in total. The Bertz CT molecular complexity index is 302. The molecule has 1 aliphatic rings. The molecule has 0 bridgehead atoms. The first-order valence-corrected chi connectivity index (χ1v) is 5.58. The van der Waals surface area contributed by atoms with Crippen LogP contribution in [0.15, 0.2) is 12.2 Å². The Hall–Kier alpha value is -1.32. The summed E-state index contributed by atoms with van der Waals surface area (Å²) in [6, 6.07) is 0. The summed E-state index contributed by atoms with van der Waals surface area (Å²) in [5.74, 6) is -1.99. The fourth-order valence-corrected chi connectivity index (χ4v) is 2.81. The third-order valence-electron chi connectivity index (χ3n) is 4.04. The summed E-state index contributed by atoms with van der Waals surface area (Å²) in [5.41, 5.74) is -2.33.